The summed E-state index contributed by atoms with van der Waals surface area (Å²) in [6, 6.07) is 2.51. The van der Waals surface area contributed by atoms with E-state index in [1.807, 2.05) is 0 Å². The fourth-order valence-corrected chi connectivity index (χ4v) is 2.46. The van der Waals surface area contributed by atoms with E-state index in [9.17, 15) is 19.6 Å². The van der Waals surface area contributed by atoms with Crippen molar-refractivity contribution in [2.45, 2.75) is 31.7 Å². The number of nitrogens with zero attached hydrogens (tertiary/aromatic N) is 2. The van der Waals surface area contributed by atoms with Gasteiger partial charge in [-0.1, -0.05) is 0 Å². The zero-order valence-corrected chi connectivity index (χ0v) is 11.8. The smallest absolute Gasteiger partial charge is 0.426 e. The summed E-state index contributed by atoms with van der Waals surface area (Å²) in [7, 11) is -1.56. The SMILES string of the molecule is C[C@@H](NC(=O)c1cccnc1)C(=O)N1CCC[C@H]1B(O)O. The van der Waals surface area contributed by atoms with Crippen molar-refractivity contribution in [1.29, 1.82) is 0 Å². The van der Waals surface area contributed by atoms with E-state index >= 15 is 0 Å². The predicted molar refractivity (Wildman–Crippen MR) is 76.1 cm³/mol. The van der Waals surface area contributed by atoms with Crippen LogP contribution in [0.4, 0.5) is 0 Å². The molecule has 0 aromatic carbocycles. The molecule has 0 unspecified atom stereocenters. The highest BCUT2D eigenvalue weighted by Gasteiger charge is 2.38. The first-order valence-corrected chi connectivity index (χ1v) is 6.88. The van der Waals surface area contributed by atoms with Crippen LogP contribution in [0.15, 0.2) is 24.5 Å². The second-order valence-corrected chi connectivity index (χ2v) is 5.09. The van der Waals surface area contributed by atoms with E-state index in [0.717, 1.165) is 6.42 Å². The number of likely N-dealkylation sites (tertiary alicyclic amines) is 1. The Morgan fingerprint density at radius 1 is 1.52 bits per heavy atom. The summed E-state index contributed by atoms with van der Waals surface area (Å²) in [6.45, 7) is 2.05. The van der Waals surface area contributed by atoms with E-state index in [-0.39, 0.29) is 11.8 Å². The lowest BCUT2D eigenvalue weighted by atomic mass is 9.78. The van der Waals surface area contributed by atoms with Crippen LogP contribution in [-0.4, -0.2) is 57.4 Å². The number of carbonyl (C=O) groups is 2. The predicted octanol–water partition coefficient (Wildman–Crippen LogP) is -0.797. The second-order valence-electron chi connectivity index (χ2n) is 5.09. The van der Waals surface area contributed by atoms with Gasteiger partial charge in [0.05, 0.1) is 11.5 Å². The van der Waals surface area contributed by atoms with Crippen molar-refractivity contribution in [3.63, 3.8) is 0 Å². The van der Waals surface area contributed by atoms with Gasteiger partial charge in [-0.25, -0.2) is 0 Å². The first-order valence-electron chi connectivity index (χ1n) is 6.88. The van der Waals surface area contributed by atoms with Crippen LogP contribution < -0.4 is 5.32 Å². The Balaban J connectivity index is 1.98. The van der Waals surface area contributed by atoms with Gasteiger partial charge in [0, 0.05) is 18.9 Å². The van der Waals surface area contributed by atoms with Crippen LogP contribution in [-0.2, 0) is 4.79 Å². The minimum Gasteiger partial charge on any atom is -0.426 e. The van der Waals surface area contributed by atoms with Gasteiger partial charge >= 0.3 is 7.12 Å². The summed E-state index contributed by atoms with van der Waals surface area (Å²) in [5, 5.41) is 21.2. The van der Waals surface area contributed by atoms with E-state index in [1.165, 1.54) is 11.1 Å². The normalized spacial score (nSPS) is 19.2. The van der Waals surface area contributed by atoms with Crippen LogP contribution in [0, 0.1) is 0 Å². The molecule has 0 radical (unpaired) electrons. The van der Waals surface area contributed by atoms with Crippen molar-refractivity contribution in [3.05, 3.63) is 30.1 Å². The van der Waals surface area contributed by atoms with Gasteiger partial charge in [0.15, 0.2) is 0 Å². The third-order valence-electron chi connectivity index (χ3n) is 3.57. The molecular formula is C13H18BN3O4. The minimum absolute atomic E-state index is 0.317. The molecule has 2 rings (SSSR count). The molecule has 0 aliphatic carbocycles. The van der Waals surface area contributed by atoms with Gasteiger partial charge in [-0.05, 0) is 31.9 Å². The maximum Gasteiger partial charge on any atom is 0.475 e. The zero-order chi connectivity index (χ0) is 15.4. The summed E-state index contributed by atoms with van der Waals surface area (Å²) in [5.41, 5.74) is 0.373. The van der Waals surface area contributed by atoms with Crippen LogP contribution in [0.5, 0.6) is 0 Å². The summed E-state index contributed by atoms with van der Waals surface area (Å²) < 4.78 is 0. The number of pyridine rings is 1. The number of rotatable bonds is 4. The summed E-state index contributed by atoms with van der Waals surface area (Å²) in [4.78, 5) is 29.5. The topological polar surface area (TPSA) is 103 Å². The lowest BCUT2D eigenvalue weighted by Crippen LogP contribution is -2.52. The lowest BCUT2D eigenvalue weighted by molar-refractivity contribution is -0.132. The summed E-state index contributed by atoms with van der Waals surface area (Å²) >= 11 is 0. The van der Waals surface area contributed by atoms with Crippen LogP contribution in [0.3, 0.4) is 0 Å². The van der Waals surface area contributed by atoms with E-state index in [4.69, 9.17) is 0 Å². The summed E-state index contributed by atoms with van der Waals surface area (Å²) in [5.74, 6) is -1.30. The molecule has 21 heavy (non-hydrogen) atoms. The molecule has 1 fully saturated rings. The number of amides is 2. The van der Waals surface area contributed by atoms with Gasteiger partial charge in [-0.3, -0.25) is 14.6 Å². The maximum atomic E-state index is 12.3. The number of carbonyl (C=O) groups excluding carboxylic acids is 2. The maximum absolute atomic E-state index is 12.3. The fourth-order valence-electron chi connectivity index (χ4n) is 2.46. The molecule has 112 valence electrons. The van der Waals surface area contributed by atoms with Crippen molar-refractivity contribution in [2.24, 2.45) is 0 Å². The van der Waals surface area contributed by atoms with Gasteiger partial charge in [0.2, 0.25) is 5.91 Å². The first-order chi connectivity index (χ1) is 10.0. The number of hydrogen-bond acceptors (Lipinski definition) is 5. The Morgan fingerprint density at radius 2 is 2.29 bits per heavy atom. The van der Waals surface area contributed by atoms with Crippen molar-refractivity contribution in [3.8, 4) is 0 Å². The standard InChI is InChI=1S/C13H18BN3O4/c1-9(16-12(18)10-4-2-6-15-8-10)13(19)17-7-3-5-11(17)14(20)21/h2,4,6,8-9,11,20-21H,3,5,7H2,1H3,(H,16,18)/t9-,11+/m1/s1. The monoisotopic (exact) mass is 291 g/mol. The molecule has 3 N–H and O–H groups in total. The third kappa shape index (κ3) is 3.59. The Kier molecular flexibility index (Phi) is 4.92. The van der Waals surface area contributed by atoms with E-state index in [2.05, 4.69) is 10.3 Å². The van der Waals surface area contributed by atoms with Crippen molar-refractivity contribution < 1.29 is 19.6 Å². The van der Waals surface area contributed by atoms with Crippen LogP contribution in [0.25, 0.3) is 0 Å². The molecule has 1 aliphatic rings. The van der Waals surface area contributed by atoms with Crippen molar-refractivity contribution >= 4 is 18.9 Å². The first kappa shape index (κ1) is 15.5. The number of aromatic nitrogens is 1. The van der Waals surface area contributed by atoms with Crippen LogP contribution in [0.2, 0.25) is 0 Å². The molecule has 0 bridgehead atoms. The molecule has 0 saturated carbocycles. The highest BCUT2D eigenvalue weighted by atomic mass is 16.4. The molecule has 1 saturated heterocycles. The second kappa shape index (κ2) is 6.69. The van der Waals surface area contributed by atoms with E-state index in [0.29, 0.717) is 18.5 Å². The van der Waals surface area contributed by atoms with Gasteiger partial charge in [0.1, 0.15) is 6.04 Å². The molecule has 7 nitrogen and oxygen atoms in total. The third-order valence-corrected chi connectivity index (χ3v) is 3.57. The fraction of sp³-hybridized carbons (Fsp3) is 0.462. The Bertz CT molecular complexity index is 511. The zero-order valence-electron chi connectivity index (χ0n) is 11.8. The van der Waals surface area contributed by atoms with E-state index < -0.39 is 19.1 Å². The van der Waals surface area contributed by atoms with Crippen LogP contribution in [0.1, 0.15) is 30.1 Å². The molecular weight excluding hydrogens is 273 g/mol. The average molecular weight is 291 g/mol. The van der Waals surface area contributed by atoms with Crippen LogP contribution >= 0.6 is 0 Å². The molecule has 1 aromatic heterocycles. The molecule has 2 atom stereocenters. The van der Waals surface area contributed by atoms with Gasteiger partial charge in [0.25, 0.3) is 5.91 Å². The molecule has 1 aliphatic heterocycles. The van der Waals surface area contributed by atoms with E-state index in [1.54, 1.807) is 25.3 Å². The molecule has 2 heterocycles. The average Bonchev–Trinajstić information content (AvgIpc) is 2.96. The number of hydrogen-bond donors (Lipinski definition) is 3. The molecule has 0 spiro atoms. The Morgan fingerprint density at radius 3 is 2.90 bits per heavy atom. The van der Waals surface area contributed by atoms with Crippen molar-refractivity contribution in [2.75, 3.05) is 6.54 Å². The lowest BCUT2D eigenvalue weighted by Gasteiger charge is -2.27. The van der Waals surface area contributed by atoms with Gasteiger partial charge in [-0.2, -0.15) is 0 Å². The summed E-state index contributed by atoms with van der Waals surface area (Å²) in [6.07, 6.45) is 4.25. The van der Waals surface area contributed by atoms with Crippen molar-refractivity contribution in [1.82, 2.24) is 15.2 Å². The minimum atomic E-state index is -1.56. The molecule has 2 amide bonds. The largest absolute Gasteiger partial charge is 0.475 e. The number of nitrogens with one attached hydrogen (secondary N) is 1. The van der Waals surface area contributed by atoms with Gasteiger partial charge < -0.3 is 20.3 Å². The highest BCUT2D eigenvalue weighted by molar-refractivity contribution is 6.43. The molecule has 8 heteroatoms. The van der Waals surface area contributed by atoms with Gasteiger partial charge in [-0.15, -0.1) is 0 Å². The Labute approximate surface area is 123 Å². The molecule has 1 aromatic rings. The quantitative estimate of drug-likeness (QED) is 0.630. The Hall–Kier alpha value is -1.93. The highest BCUT2D eigenvalue weighted by Crippen LogP contribution is 2.19.